The van der Waals surface area contributed by atoms with Crippen molar-refractivity contribution < 1.29 is 47.6 Å². The van der Waals surface area contributed by atoms with Crippen LogP contribution in [0.2, 0.25) is 0 Å². The van der Waals surface area contributed by atoms with E-state index in [9.17, 15) is 24.1 Å². The third-order valence-corrected chi connectivity index (χ3v) is 5.46. The molecule has 0 aliphatic carbocycles. The number of hydrogen-bond donors (Lipinski definition) is 6. The first-order valence-electron chi connectivity index (χ1n) is 6.47. The lowest BCUT2D eigenvalue weighted by atomic mass is 10.1. The van der Waals surface area contributed by atoms with Crippen LogP contribution in [0.25, 0.3) is 0 Å². The Morgan fingerprint density at radius 1 is 1.28 bits per heavy atom. The number of phosphoric ester groups is 1. The molecule has 0 spiro atoms. The Hall–Kier alpha value is -0.760. The van der Waals surface area contributed by atoms with Crippen LogP contribution in [0, 0.1) is 4.64 Å². The summed E-state index contributed by atoms with van der Waals surface area (Å²) >= 11 is 4.76. The van der Waals surface area contributed by atoms with Gasteiger partial charge < -0.3 is 29.6 Å². The number of aromatic amines is 1. The minimum absolute atomic E-state index is 0.130. The Labute approximate surface area is 144 Å². The van der Waals surface area contributed by atoms with Crippen LogP contribution >= 0.6 is 27.9 Å². The predicted octanol–water partition coefficient (Wildman–Crippen LogP) is -1.25. The minimum atomic E-state index is -5.30. The van der Waals surface area contributed by atoms with Crippen LogP contribution < -0.4 is 5.69 Å². The second-order valence-corrected chi connectivity index (χ2v) is 8.17. The van der Waals surface area contributed by atoms with Gasteiger partial charge in [0, 0.05) is 6.20 Å². The van der Waals surface area contributed by atoms with Gasteiger partial charge in [0.05, 0.1) is 6.61 Å². The number of H-pyrrole nitrogens is 1. The number of hydrogen-bond acceptors (Lipinski definition) is 9. The zero-order chi connectivity index (χ0) is 19.0. The molecule has 25 heavy (non-hydrogen) atoms. The zero-order valence-electron chi connectivity index (χ0n) is 12.1. The fourth-order valence-electron chi connectivity index (χ4n) is 2.05. The lowest BCUT2D eigenvalue weighted by molar-refractivity contribution is -0.0542. The van der Waals surface area contributed by atoms with Gasteiger partial charge in [-0.25, -0.2) is 13.9 Å². The van der Waals surface area contributed by atoms with E-state index in [1.54, 1.807) is 0 Å². The summed E-state index contributed by atoms with van der Waals surface area (Å²) in [7, 11) is -10.4. The Morgan fingerprint density at radius 3 is 2.48 bits per heavy atom. The fourth-order valence-corrected chi connectivity index (χ4v) is 3.80. The number of nitrogens with one attached hydrogen (secondary N) is 1. The van der Waals surface area contributed by atoms with Crippen molar-refractivity contribution in [2.24, 2.45) is 0 Å². The van der Waals surface area contributed by atoms with Crippen molar-refractivity contribution in [1.29, 1.82) is 0 Å². The molecular weight excluding hydrogens is 406 g/mol. The maximum Gasteiger partial charge on any atom is 0.481 e. The standard InChI is InChI=1S/C9H14N2O11P2S/c12-6-4(3-20-24(18,19)22-23(15,16)17)21-8(7(6)13)11-2-1-5(25)10-9(11)14/h1-2,4,6-8,12-13H,3H2,(H,18,19)(H,10,14,25)(H2,15,16,17)/t4-,6-,7-,8-/m1/s1. The summed E-state index contributed by atoms with van der Waals surface area (Å²) in [6.45, 7) is -0.861. The van der Waals surface area contributed by atoms with Crippen molar-refractivity contribution in [3.8, 4) is 0 Å². The summed E-state index contributed by atoms with van der Waals surface area (Å²) in [5, 5.41) is 19.9. The highest BCUT2D eigenvalue weighted by Gasteiger charge is 2.45. The Morgan fingerprint density at radius 2 is 1.92 bits per heavy atom. The van der Waals surface area contributed by atoms with Crippen molar-refractivity contribution in [2.45, 2.75) is 24.5 Å². The van der Waals surface area contributed by atoms with Crippen LogP contribution in [-0.2, 0) is 22.7 Å². The smallest absolute Gasteiger partial charge is 0.387 e. The summed E-state index contributed by atoms with van der Waals surface area (Å²) in [6, 6.07) is 1.33. The summed E-state index contributed by atoms with van der Waals surface area (Å²) in [5.74, 6) is 0. The highest BCUT2D eigenvalue weighted by molar-refractivity contribution is 7.71. The van der Waals surface area contributed by atoms with E-state index >= 15 is 0 Å². The molecule has 0 saturated carbocycles. The van der Waals surface area contributed by atoms with Crippen LogP contribution in [0.15, 0.2) is 17.1 Å². The molecule has 1 unspecified atom stereocenters. The lowest BCUT2D eigenvalue weighted by Gasteiger charge is -2.17. The van der Waals surface area contributed by atoms with Gasteiger partial charge in [0.1, 0.15) is 23.0 Å². The maximum absolute atomic E-state index is 11.8. The van der Waals surface area contributed by atoms with Gasteiger partial charge in [0.2, 0.25) is 0 Å². The molecule has 1 saturated heterocycles. The molecule has 1 fully saturated rings. The van der Waals surface area contributed by atoms with E-state index in [2.05, 4.69) is 13.8 Å². The molecule has 16 heteroatoms. The number of phosphoric acid groups is 2. The molecule has 2 rings (SSSR count). The number of ether oxygens (including phenoxy) is 1. The first-order valence-corrected chi connectivity index (χ1v) is 9.90. The zero-order valence-corrected chi connectivity index (χ0v) is 14.7. The second-order valence-electron chi connectivity index (χ2n) is 4.90. The van der Waals surface area contributed by atoms with Gasteiger partial charge in [-0.1, -0.05) is 12.2 Å². The Bertz CT molecular complexity index is 833. The molecule has 0 amide bonds. The van der Waals surface area contributed by atoms with E-state index in [1.165, 1.54) is 12.3 Å². The molecule has 1 aliphatic heterocycles. The van der Waals surface area contributed by atoms with Crippen molar-refractivity contribution in [2.75, 3.05) is 6.61 Å². The number of rotatable bonds is 6. The van der Waals surface area contributed by atoms with E-state index in [0.717, 1.165) is 4.57 Å². The third-order valence-electron chi connectivity index (χ3n) is 3.07. The quantitative estimate of drug-likeness (QED) is 0.236. The minimum Gasteiger partial charge on any atom is -0.387 e. The summed E-state index contributed by atoms with van der Waals surface area (Å²) in [5.41, 5.74) is -0.733. The number of aliphatic hydroxyl groups is 2. The lowest BCUT2D eigenvalue weighted by Crippen LogP contribution is -2.36. The van der Waals surface area contributed by atoms with Crippen molar-refractivity contribution >= 4 is 27.9 Å². The van der Waals surface area contributed by atoms with Crippen LogP contribution in [0.5, 0.6) is 0 Å². The molecule has 5 atom stereocenters. The second kappa shape index (κ2) is 7.47. The molecule has 1 aliphatic rings. The molecule has 0 aromatic carbocycles. The molecule has 1 aromatic rings. The monoisotopic (exact) mass is 420 g/mol. The fraction of sp³-hybridized carbons (Fsp3) is 0.556. The SMILES string of the molecule is O=c1[nH]c(=S)ccn1[C@@H]1O[C@H](COP(=O)(O)OP(=O)(O)O)[C@@H](O)[C@H]1O. The molecule has 1 aromatic heterocycles. The molecule has 142 valence electrons. The van der Waals surface area contributed by atoms with E-state index in [0.29, 0.717) is 0 Å². The highest BCUT2D eigenvalue weighted by atomic mass is 32.1. The summed E-state index contributed by atoms with van der Waals surface area (Å²) in [6.07, 6.45) is -4.77. The molecule has 0 radical (unpaired) electrons. The largest absolute Gasteiger partial charge is 0.481 e. The van der Waals surface area contributed by atoms with Crippen molar-refractivity contribution in [3.05, 3.63) is 27.4 Å². The first-order chi connectivity index (χ1) is 11.4. The molecule has 2 heterocycles. The van der Waals surface area contributed by atoms with E-state index in [4.69, 9.17) is 31.6 Å². The van der Waals surface area contributed by atoms with E-state index < -0.39 is 52.5 Å². The summed E-state index contributed by atoms with van der Waals surface area (Å²) in [4.78, 5) is 40.2. The molecular formula is C9H14N2O11P2S. The van der Waals surface area contributed by atoms with Crippen molar-refractivity contribution in [3.63, 3.8) is 0 Å². The number of aliphatic hydroxyl groups excluding tert-OH is 2. The number of nitrogens with zero attached hydrogens (tertiary/aromatic N) is 1. The molecule has 6 N–H and O–H groups in total. The molecule has 13 nitrogen and oxygen atoms in total. The van der Waals surface area contributed by atoms with Crippen molar-refractivity contribution in [1.82, 2.24) is 9.55 Å². The average Bonchev–Trinajstić information content (AvgIpc) is 2.71. The number of aromatic nitrogens is 2. The van der Waals surface area contributed by atoms with Crippen LogP contribution in [0.3, 0.4) is 0 Å². The maximum atomic E-state index is 11.8. The van der Waals surface area contributed by atoms with E-state index in [1.807, 2.05) is 0 Å². The third kappa shape index (κ3) is 5.36. The first kappa shape index (κ1) is 20.6. The van der Waals surface area contributed by atoms with Crippen LogP contribution in [0.1, 0.15) is 6.23 Å². The van der Waals surface area contributed by atoms with Gasteiger partial charge in [-0.3, -0.25) is 14.1 Å². The van der Waals surface area contributed by atoms with Gasteiger partial charge in [-0.05, 0) is 6.07 Å². The van der Waals surface area contributed by atoms with Gasteiger partial charge in [0.15, 0.2) is 6.23 Å². The normalized spacial score (nSPS) is 29.5. The molecule has 0 bridgehead atoms. The average molecular weight is 420 g/mol. The van der Waals surface area contributed by atoms with Gasteiger partial charge in [-0.15, -0.1) is 0 Å². The topological polar surface area (TPSA) is 201 Å². The summed E-state index contributed by atoms with van der Waals surface area (Å²) < 4.78 is 36.1. The van der Waals surface area contributed by atoms with E-state index in [-0.39, 0.29) is 4.64 Å². The van der Waals surface area contributed by atoms with Crippen LogP contribution in [-0.4, -0.2) is 59.4 Å². The Balaban J connectivity index is 2.09. The Kier molecular flexibility index (Phi) is 6.14. The van der Waals surface area contributed by atoms with Gasteiger partial charge >= 0.3 is 21.3 Å². The predicted molar refractivity (Wildman–Crippen MR) is 80.7 cm³/mol. The van der Waals surface area contributed by atoms with Gasteiger partial charge in [-0.2, -0.15) is 4.31 Å². The van der Waals surface area contributed by atoms with Gasteiger partial charge in [0.25, 0.3) is 0 Å². The highest BCUT2D eigenvalue weighted by Crippen LogP contribution is 2.57. The van der Waals surface area contributed by atoms with Crippen LogP contribution in [0.4, 0.5) is 0 Å².